The Morgan fingerprint density at radius 2 is 1.86 bits per heavy atom. The SMILES string of the molecule is CCCc1cccc(CC(OCC(O)CNCCOC)C(=O)c2ccccc2)c1. The Morgan fingerprint density at radius 3 is 2.59 bits per heavy atom. The highest BCUT2D eigenvalue weighted by atomic mass is 16.5. The number of aliphatic hydroxyl groups excluding tert-OH is 1. The van der Waals surface area contributed by atoms with Crippen LogP contribution in [-0.4, -0.2) is 56.5 Å². The van der Waals surface area contributed by atoms with Crippen molar-refractivity contribution in [2.45, 2.75) is 38.4 Å². The molecule has 0 aliphatic carbocycles. The Labute approximate surface area is 174 Å². The monoisotopic (exact) mass is 399 g/mol. The van der Waals surface area contributed by atoms with Gasteiger partial charge in [-0.1, -0.05) is 67.9 Å². The summed E-state index contributed by atoms with van der Waals surface area (Å²) in [5, 5.41) is 13.3. The van der Waals surface area contributed by atoms with E-state index in [1.54, 1.807) is 19.2 Å². The molecule has 0 amide bonds. The summed E-state index contributed by atoms with van der Waals surface area (Å²) in [4.78, 5) is 13.0. The van der Waals surface area contributed by atoms with Crippen LogP contribution >= 0.6 is 0 Å². The number of carbonyl (C=O) groups excluding carboxylic acids is 1. The van der Waals surface area contributed by atoms with Gasteiger partial charge in [-0.05, 0) is 17.5 Å². The third kappa shape index (κ3) is 8.46. The molecule has 0 aromatic heterocycles. The number of hydrogen-bond donors (Lipinski definition) is 2. The molecule has 5 nitrogen and oxygen atoms in total. The second-order valence-electron chi connectivity index (χ2n) is 7.18. The van der Waals surface area contributed by atoms with Gasteiger partial charge in [0.15, 0.2) is 5.78 Å². The van der Waals surface area contributed by atoms with Crippen LogP contribution in [0.15, 0.2) is 54.6 Å². The quantitative estimate of drug-likeness (QED) is 0.378. The fourth-order valence-corrected chi connectivity index (χ4v) is 3.16. The lowest BCUT2D eigenvalue weighted by Gasteiger charge is -2.20. The van der Waals surface area contributed by atoms with E-state index >= 15 is 0 Å². The van der Waals surface area contributed by atoms with Gasteiger partial charge in [0.1, 0.15) is 6.10 Å². The van der Waals surface area contributed by atoms with Crippen LogP contribution in [0, 0.1) is 0 Å². The molecule has 0 radical (unpaired) electrons. The minimum atomic E-state index is -0.690. The molecule has 2 atom stereocenters. The molecule has 2 N–H and O–H groups in total. The number of carbonyl (C=O) groups is 1. The smallest absolute Gasteiger partial charge is 0.191 e. The van der Waals surface area contributed by atoms with Gasteiger partial charge in [-0.15, -0.1) is 0 Å². The number of nitrogens with one attached hydrogen (secondary N) is 1. The van der Waals surface area contributed by atoms with E-state index in [2.05, 4.69) is 24.4 Å². The number of ketones is 1. The number of ether oxygens (including phenoxy) is 2. The van der Waals surface area contributed by atoms with Crippen molar-refractivity contribution >= 4 is 5.78 Å². The molecule has 2 aromatic rings. The molecule has 0 aliphatic heterocycles. The van der Waals surface area contributed by atoms with Gasteiger partial charge < -0.3 is 19.9 Å². The first kappa shape index (κ1) is 23.2. The fourth-order valence-electron chi connectivity index (χ4n) is 3.16. The largest absolute Gasteiger partial charge is 0.389 e. The molecule has 0 aliphatic rings. The second kappa shape index (κ2) is 13.2. The summed E-state index contributed by atoms with van der Waals surface area (Å²) in [7, 11) is 1.64. The maximum Gasteiger partial charge on any atom is 0.191 e. The average molecular weight is 400 g/mol. The first-order valence-electron chi connectivity index (χ1n) is 10.3. The second-order valence-corrected chi connectivity index (χ2v) is 7.18. The Balaban J connectivity index is 2.03. The van der Waals surface area contributed by atoms with E-state index in [4.69, 9.17) is 9.47 Å². The van der Waals surface area contributed by atoms with Crippen molar-refractivity contribution in [3.8, 4) is 0 Å². The first-order valence-corrected chi connectivity index (χ1v) is 10.3. The predicted molar refractivity (Wildman–Crippen MR) is 115 cm³/mol. The van der Waals surface area contributed by atoms with E-state index in [0.717, 1.165) is 18.4 Å². The summed E-state index contributed by atoms with van der Waals surface area (Å²) in [5.41, 5.74) is 2.95. The number of aliphatic hydroxyl groups is 1. The van der Waals surface area contributed by atoms with Gasteiger partial charge in [0.2, 0.25) is 0 Å². The highest BCUT2D eigenvalue weighted by molar-refractivity contribution is 5.99. The Morgan fingerprint density at radius 1 is 1.10 bits per heavy atom. The van der Waals surface area contributed by atoms with Gasteiger partial charge in [0.25, 0.3) is 0 Å². The highest BCUT2D eigenvalue weighted by Gasteiger charge is 2.22. The lowest BCUT2D eigenvalue weighted by molar-refractivity contribution is -0.00198. The van der Waals surface area contributed by atoms with E-state index in [1.807, 2.05) is 30.3 Å². The zero-order valence-corrected chi connectivity index (χ0v) is 17.5. The van der Waals surface area contributed by atoms with Gasteiger partial charge in [-0.3, -0.25) is 4.79 Å². The van der Waals surface area contributed by atoms with E-state index in [-0.39, 0.29) is 12.4 Å². The Bertz CT molecular complexity index is 720. The normalized spacial score (nSPS) is 13.2. The summed E-state index contributed by atoms with van der Waals surface area (Å²) in [6.07, 6.45) is 1.24. The van der Waals surface area contributed by atoms with Crippen LogP contribution in [0.2, 0.25) is 0 Å². The van der Waals surface area contributed by atoms with Crippen LogP contribution in [0.5, 0.6) is 0 Å². The molecule has 0 spiro atoms. The number of hydrogen-bond acceptors (Lipinski definition) is 5. The minimum Gasteiger partial charge on any atom is -0.389 e. The van der Waals surface area contributed by atoms with Gasteiger partial charge in [0.05, 0.1) is 19.3 Å². The molecule has 2 rings (SSSR count). The van der Waals surface area contributed by atoms with E-state index < -0.39 is 12.2 Å². The number of benzene rings is 2. The van der Waals surface area contributed by atoms with Gasteiger partial charge in [-0.2, -0.15) is 0 Å². The van der Waals surface area contributed by atoms with Crippen molar-refractivity contribution in [1.82, 2.24) is 5.32 Å². The molecule has 0 saturated carbocycles. The molecule has 0 heterocycles. The maximum atomic E-state index is 13.0. The highest BCUT2D eigenvalue weighted by Crippen LogP contribution is 2.15. The molecule has 5 heteroatoms. The van der Waals surface area contributed by atoms with Gasteiger partial charge >= 0.3 is 0 Å². The van der Waals surface area contributed by atoms with E-state index in [1.165, 1.54) is 5.56 Å². The van der Waals surface area contributed by atoms with E-state index in [0.29, 0.717) is 31.7 Å². The number of methoxy groups -OCH3 is 1. The van der Waals surface area contributed by atoms with Crippen LogP contribution in [0.1, 0.15) is 34.8 Å². The van der Waals surface area contributed by atoms with Gasteiger partial charge in [0, 0.05) is 32.2 Å². The molecule has 2 unspecified atom stereocenters. The summed E-state index contributed by atoms with van der Waals surface area (Å²) >= 11 is 0. The molecular weight excluding hydrogens is 366 g/mol. The van der Waals surface area contributed by atoms with Crippen molar-refractivity contribution in [3.63, 3.8) is 0 Å². The molecular formula is C24H33NO4. The molecule has 0 saturated heterocycles. The van der Waals surface area contributed by atoms with Crippen molar-refractivity contribution < 1.29 is 19.4 Å². The lowest BCUT2D eigenvalue weighted by Crippen LogP contribution is -2.36. The average Bonchev–Trinajstić information content (AvgIpc) is 2.75. The Kier molecular flexibility index (Phi) is 10.6. The van der Waals surface area contributed by atoms with Crippen molar-refractivity contribution in [1.29, 1.82) is 0 Å². The lowest BCUT2D eigenvalue weighted by atomic mass is 9.98. The summed E-state index contributed by atoms with van der Waals surface area (Å²) in [5.74, 6) is -0.0639. The molecule has 29 heavy (non-hydrogen) atoms. The zero-order valence-electron chi connectivity index (χ0n) is 17.5. The molecule has 0 bridgehead atoms. The summed E-state index contributed by atoms with van der Waals surface area (Å²) in [6, 6.07) is 17.5. The summed E-state index contributed by atoms with van der Waals surface area (Å²) in [6.45, 7) is 3.87. The third-order valence-electron chi connectivity index (χ3n) is 4.65. The van der Waals surface area contributed by atoms with Gasteiger partial charge in [-0.25, -0.2) is 0 Å². The number of aryl methyl sites for hydroxylation is 1. The predicted octanol–water partition coefficient (Wildman–Crippen LogP) is 3.05. The van der Waals surface area contributed by atoms with Crippen LogP contribution in [-0.2, 0) is 22.3 Å². The zero-order chi connectivity index (χ0) is 20.9. The standard InChI is InChI=1S/C24H33NO4/c1-3-8-19-9-7-10-20(15-19)16-23(24(27)21-11-5-4-6-12-21)29-18-22(26)17-25-13-14-28-2/h4-7,9-12,15,22-23,25-26H,3,8,13-14,16-18H2,1-2H3. The van der Waals surface area contributed by atoms with Crippen molar-refractivity contribution in [2.75, 3.05) is 33.4 Å². The maximum absolute atomic E-state index is 13.0. The molecule has 0 fully saturated rings. The van der Waals surface area contributed by atoms with Crippen LogP contribution in [0.4, 0.5) is 0 Å². The molecule has 2 aromatic carbocycles. The number of Topliss-reactive ketones (excluding diaryl/α,β-unsaturated/α-hetero) is 1. The third-order valence-corrected chi connectivity index (χ3v) is 4.65. The minimum absolute atomic E-state index is 0.0639. The topological polar surface area (TPSA) is 67.8 Å². The van der Waals surface area contributed by atoms with Crippen LogP contribution in [0.3, 0.4) is 0 Å². The molecule has 158 valence electrons. The van der Waals surface area contributed by atoms with Crippen LogP contribution < -0.4 is 5.32 Å². The van der Waals surface area contributed by atoms with Crippen molar-refractivity contribution in [3.05, 3.63) is 71.3 Å². The number of rotatable bonds is 14. The fraction of sp³-hybridized carbons (Fsp3) is 0.458. The van der Waals surface area contributed by atoms with Crippen molar-refractivity contribution in [2.24, 2.45) is 0 Å². The Hall–Kier alpha value is -2.05. The van der Waals surface area contributed by atoms with E-state index in [9.17, 15) is 9.90 Å². The first-order chi connectivity index (χ1) is 14.1. The summed E-state index contributed by atoms with van der Waals surface area (Å²) < 4.78 is 10.9. The van der Waals surface area contributed by atoms with Crippen LogP contribution in [0.25, 0.3) is 0 Å².